The lowest BCUT2D eigenvalue weighted by atomic mass is 9.98. The molecule has 31 nitrogen and oxygen atoms in total. The predicted molar refractivity (Wildman–Crippen MR) is 460 cm³/mol. The Morgan fingerprint density at radius 3 is 0.752 bits per heavy atom. The molecule has 700 valence electrons. The van der Waals surface area contributed by atoms with Gasteiger partial charge in [-0.1, -0.05) is 98.8 Å². The zero-order valence-electron chi connectivity index (χ0n) is 77.5. The van der Waals surface area contributed by atoms with Crippen LogP contribution >= 0.6 is 0 Å². The van der Waals surface area contributed by atoms with Crippen molar-refractivity contribution in [1.82, 2.24) is 29.4 Å². The maximum atomic E-state index is 11.9. The zero-order chi connectivity index (χ0) is 87.9. The first-order valence-corrected chi connectivity index (χ1v) is 43.6. The summed E-state index contributed by atoms with van der Waals surface area (Å²) in [5.74, 6) is -0.221. The van der Waals surface area contributed by atoms with Crippen LogP contribution in [0.2, 0.25) is 0 Å². The molecule has 0 amide bonds. The van der Waals surface area contributed by atoms with E-state index in [4.69, 9.17) is 90.0 Å². The first-order chi connectivity index (χ1) is 56.9. The molecule has 0 aromatic carbocycles. The van der Waals surface area contributed by atoms with Crippen LogP contribution in [0.5, 0.6) is 0 Å². The highest BCUT2D eigenvalue weighted by Crippen LogP contribution is 2.21. The summed E-state index contributed by atoms with van der Waals surface area (Å²) in [7, 11) is 21.7. The molecule has 1 rings (SSSR count). The third kappa shape index (κ3) is 94.2. The molecule has 0 radical (unpaired) electrons. The first kappa shape index (κ1) is 122. The molecular formula is C86H176N6O25. The number of hydrogen-bond donors (Lipinski definition) is 0. The Bertz CT molecular complexity index is 1980. The Labute approximate surface area is 710 Å². The maximum absolute atomic E-state index is 11.9. The molecule has 0 bridgehead atoms. The molecule has 0 N–H and O–H groups in total. The number of unbranched alkanes of at least 4 members (excludes halogenated alkanes) is 7. The van der Waals surface area contributed by atoms with Gasteiger partial charge in [0.1, 0.15) is 12.7 Å². The summed E-state index contributed by atoms with van der Waals surface area (Å²) in [6, 6.07) is 0. The number of rotatable bonds is 76. The molecule has 0 spiro atoms. The topological polar surface area (TPSA) is 297 Å². The van der Waals surface area contributed by atoms with E-state index in [1.807, 2.05) is 0 Å². The van der Waals surface area contributed by atoms with Gasteiger partial charge in [0.25, 0.3) is 0 Å². The number of ether oxygens (including phenoxy) is 19. The van der Waals surface area contributed by atoms with Crippen LogP contribution in [0.1, 0.15) is 189 Å². The SMILES string of the molecule is CCCCC(CC)COC(=O)CCN(CCOC)CCOC.CCCCCCOC(=O)CCN(CCOC)CCOC.CCCCCOC(=O)CCN(CCOC)CCOC.CCCCOC(=O)CCN(CCOC)CCOC.COCCN(CCOC)CCC(=O)OC1CCCCC1.COCCOC(=O)CCN(CCOC)CCOC. The lowest BCUT2D eigenvalue weighted by Gasteiger charge is -2.24. The van der Waals surface area contributed by atoms with Gasteiger partial charge in [0.2, 0.25) is 0 Å². The molecule has 31 heteroatoms. The van der Waals surface area contributed by atoms with E-state index in [1.54, 1.807) is 92.4 Å². The fourth-order valence-electron chi connectivity index (χ4n) is 10.9. The Morgan fingerprint density at radius 1 is 0.248 bits per heavy atom. The zero-order valence-corrected chi connectivity index (χ0v) is 77.5. The van der Waals surface area contributed by atoms with Gasteiger partial charge in [-0.15, -0.1) is 0 Å². The highest BCUT2D eigenvalue weighted by molar-refractivity contribution is 5.71. The van der Waals surface area contributed by atoms with E-state index in [9.17, 15) is 28.8 Å². The van der Waals surface area contributed by atoms with Gasteiger partial charge in [-0.3, -0.25) is 58.2 Å². The Hall–Kier alpha value is -3.94. The van der Waals surface area contributed by atoms with Crippen LogP contribution in [0.25, 0.3) is 0 Å². The number of esters is 6. The predicted octanol–water partition coefficient (Wildman–Crippen LogP) is 9.85. The van der Waals surface area contributed by atoms with Crippen molar-refractivity contribution in [1.29, 1.82) is 0 Å². The Morgan fingerprint density at radius 2 is 0.487 bits per heavy atom. The van der Waals surface area contributed by atoms with Gasteiger partial charge in [0.15, 0.2) is 0 Å². The highest BCUT2D eigenvalue weighted by atomic mass is 16.6. The quantitative estimate of drug-likeness (QED) is 0.0311. The lowest BCUT2D eigenvalue weighted by molar-refractivity contribution is -0.151. The number of carbonyl (C=O) groups is 6. The summed E-state index contributed by atoms with van der Waals surface area (Å²) >= 11 is 0. The summed E-state index contributed by atoms with van der Waals surface area (Å²) in [6.07, 6.45) is 22.7. The average molecular weight is 1690 g/mol. The van der Waals surface area contributed by atoms with Crippen molar-refractivity contribution in [3.8, 4) is 0 Å². The van der Waals surface area contributed by atoms with E-state index in [0.29, 0.717) is 203 Å². The summed E-state index contributed by atoms with van der Waals surface area (Å²) < 4.78 is 97.0. The average Bonchev–Trinajstić information content (AvgIpc) is 0.936. The second-order valence-electron chi connectivity index (χ2n) is 28.3. The van der Waals surface area contributed by atoms with Crippen LogP contribution in [-0.4, -0.2) is 400 Å². The van der Waals surface area contributed by atoms with Gasteiger partial charge >= 0.3 is 35.8 Å². The molecular weight excluding hydrogens is 1520 g/mol. The maximum Gasteiger partial charge on any atom is 0.307 e. The summed E-state index contributed by atoms with van der Waals surface area (Å²) in [5, 5.41) is 0. The number of nitrogens with zero attached hydrogens (tertiary/aromatic N) is 6. The molecule has 1 atom stereocenters. The van der Waals surface area contributed by atoms with Gasteiger partial charge in [0, 0.05) is 210 Å². The Kier molecular flexibility index (Phi) is 105. The molecule has 0 heterocycles. The molecule has 0 aliphatic heterocycles. The van der Waals surface area contributed by atoms with Gasteiger partial charge in [-0.25, -0.2) is 0 Å². The van der Waals surface area contributed by atoms with Crippen LogP contribution in [0.4, 0.5) is 0 Å². The van der Waals surface area contributed by atoms with Crippen molar-refractivity contribution in [2.75, 3.05) is 329 Å². The van der Waals surface area contributed by atoms with Crippen molar-refractivity contribution in [3.63, 3.8) is 0 Å². The highest BCUT2D eigenvalue weighted by Gasteiger charge is 2.20. The van der Waals surface area contributed by atoms with Gasteiger partial charge in [-0.05, 0) is 57.3 Å². The fourth-order valence-corrected chi connectivity index (χ4v) is 10.9. The van der Waals surface area contributed by atoms with Crippen LogP contribution in [0.3, 0.4) is 0 Å². The van der Waals surface area contributed by atoms with Gasteiger partial charge in [0.05, 0.1) is 151 Å². The molecule has 1 fully saturated rings. The molecule has 1 aliphatic rings. The van der Waals surface area contributed by atoms with E-state index >= 15 is 0 Å². The second-order valence-corrected chi connectivity index (χ2v) is 28.3. The molecule has 0 aromatic heterocycles. The van der Waals surface area contributed by atoms with Crippen molar-refractivity contribution in [2.24, 2.45) is 5.92 Å². The van der Waals surface area contributed by atoms with Crippen molar-refractivity contribution < 1.29 is 119 Å². The summed E-state index contributed by atoms with van der Waals surface area (Å²) in [6.45, 7) is 35.4. The largest absolute Gasteiger partial charge is 0.466 e. The standard InChI is InChI=1S/C17H35NO4.C15H29NO4.C15H31NO4.C14H29NO4.C13H27NO4.C12H25NO5/c1-5-7-8-16(6-2)15-22-17(19)9-10-18(11-13-20-3)12-14-21-4;1-18-12-10-16(11-13-19-2)9-8-15(17)20-14-6-4-3-5-7-14;1-4-5-6-7-12-20-15(17)8-9-16(10-13-18-2)11-14-19-3;1-4-5-6-11-19-14(16)7-8-15(9-12-17-2)10-13-18-3;1-4-5-10-18-13(15)6-7-14(8-11-16-2)9-12-17-3;1-15-8-6-13(7-9-16-2)5-4-12(14)18-11-10-17-3/h16H,5-15H2,1-4H3;14H,3-13H2,1-2H3;4-14H2,1-3H3;4-13H2,1-3H3;4-12H2,1-3H3;4-11H2,1-3H3. The number of methoxy groups -OCH3 is 13. The minimum atomic E-state index is -0.202. The Balaban J connectivity index is -0.000000429. The lowest BCUT2D eigenvalue weighted by Crippen LogP contribution is -2.33. The monoisotopic (exact) mass is 1690 g/mol. The third-order valence-electron chi connectivity index (χ3n) is 18.6. The summed E-state index contributed by atoms with van der Waals surface area (Å²) in [5.41, 5.74) is 0. The van der Waals surface area contributed by atoms with E-state index in [-0.39, 0.29) is 41.9 Å². The van der Waals surface area contributed by atoms with Crippen LogP contribution in [0.15, 0.2) is 0 Å². The van der Waals surface area contributed by atoms with Gasteiger partial charge < -0.3 is 90.0 Å². The smallest absolute Gasteiger partial charge is 0.307 e. The van der Waals surface area contributed by atoms with E-state index in [2.05, 4.69) is 64.0 Å². The van der Waals surface area contributed by atoms with Crippen LogP contribution in [-0.2, 0) is 119 Å². The van der Waals surface area contributed by atoms with E-state index in [0.717, 1.165) is 149 Å². The fraction of sp³-hybridized carbons (Fsp3) is 0.930. The minimum Gasteiger partial charge on any atom is -0.466 e. The van der Waals surface area contributed by atoms with Crippen molar-refractivity contribution in [2.45, 2.75) is 195 Å². The first-order valence-electron chi connectivity index (χ1n) is 43.6. The van der Waals surface area contributed by atoms with Crippen molar-refractivity contribution >= 4 is 35.8 Å². The third-order valence-corrected chi connectivity index (χ3v) is 18.6. The summed E-state index contributed by atoms with van der Waals surface area (Å²) in [4.78, 5) is 82.7. The molecule has 1 saturated carbocycles. The second kappa shape index (κ2) is 101. The molecule has 0 aromatic rings. The molecule has 1 unspecified atom stereocenters. The molecule has 117 heavy (non-hydrogen) atoms. The minimum absolute atomic E-state index is 0.0725. The van der Waals surface area contributed by atoms with Crippen molar-refractivity contribution in [3.05, 3.63) is 0 Å². The molecule has 0 saturated heterocycles. The van der Waals surface area contributed by atoms with Crippen LogP contribution < -0.4 is 0 Å². The number of hydrogen-bond acceptors (Lipinski definition) is 31. The normalized spacial score (nSPS) is 12.2. The van der Waals surface area contributed by atoms with E-state index in [1.165, 1.54) is 44.9 Å². The van der Waals surface area contributed by atoms with Gasteiger partial charge in [-0.2, -0.15) is 0 Å². The van der Waals surface area contributed by atoms with E-state index < -0.39 is 0 Å². The molecule has 1 aliphatic carbocycles. The number of carbonyl (C=O) groups excluding carboxylic acids is 6. The van der Waals surface area contributed by atoms with Crippen LogP contribution in [0, 0.1) is 5.92 Å².